The highest BCUT2D eigenvalue weighted by atomic mass is 19.4. The standard InChI is InChI=1S/C27H25F6N3O2.C6H10O4/c1-16-7-9-19(10-8-16)36-21(17-5-4-6-20(13-17)38-27(31,32)33)14-18(23(36)37)15-25(2,3)22-11-12-34-24(35-22)26(28,29)30;7-5(8)3-1-2-4-6(9)10/h4-13,18,21H,14-15H2,1-3H3;1-4H2,(H,7,8)(H,9,10)/t18-,21+;/m0./s1. The SMILES string of the molecule is Cc1ccc(N2C(=O)[C@H](CC(C)(C)c3ccnc(C(F)(F)F)n3)C[C@@H]2c2cccc(OC(F)(F)F)c2)cc1.O=C(O)CCCCC(=O)O. The van der Waals surface area contributed by atoms with E-state index in [1.54, 1.807) is 32.0 Å². The second-order valence-corrected chi connectivity index (χ2v) is 12.0. The minimum Gasteiger partial charge on any atom is -0.481 e. The quantitative estimate of drug-likeness (QED) is 0.154. The van der Waals surface area contributed by atoms with Gasteiger partial charge >= 0.3 is 24.5 Å². The number of carbonyl (C=O) groups is 3. The topological polar surface area (TPSA) is 130 Å². The molecular weight excluding hydrogens is 648 g/mol. The van der Waals surface area contributed by atoms with Crippen molar-refractivity contribution in [2.45, 2.75) is 83.3 Å². The van der Waals surface area contributed by atoms with E-state index in [1.165, 1.54) is 29.2 Å². The van der Waals surface area contributed by atoms with Crippen LogP contribution in [-0.4, -0.2) is 44.4 Å². The second-order valence-electron chi connectivity index (χ2n) is 12.0. The molecule has 1 aromatic heterocycles. The van der Waals surface area contributed by atoms with Crippen LogP contribution >= 0.6 is 0 Å². The van der Waals surface area contributed by atoms with E-state index in [2.05, 4.69) is 14.7 Å². The Labute approximate surface area is 272 Å². The minimum atomic E-state index is -4.87. The van der Waals surface area contributed by atoms with Crippen molar-refractivity contribution in [2.24, 2.45) is 5.92 Å². The third-order valence-corrected chi connectivity index (χ3v) is 7.59. The molecule has 1 fully saturated rings. The van der Waals surface area contributed by atoms with Crippen LogP contribution in [0, 0.1) is 12.8 Å². The molecule has 1 aliphatic rings. The van der Waals surface area contributed by atoms with Gasteiger partial charge in [0.05, 0.1) is 11.7 Å². The third-order valence-electron chi connectivity index (χ3n) is 7.59. The fraction of sp³-hybridized carbons (Fsp3) is 0.424. The summed E-state index contributed by atoms with van der Waals surface area (Å²) in [6, 6.07) is 13.4. The number of nitrogens with zero attached hydrogens (tertiary/aromatic N) is 3. The predicted molar refractivity (Wildman–Crippen MR) is 161 cm³/mol. The molecular formula is C33H35F6N3O6. The highest BCUT2D eigenvalue weighted by Gasteiger charge is 2.44. The van der Waals surface area contributed by atoms with Crippen molar-refractivity contribution >= 4 is 23.5 Å². The van der Waals surface area contributed by atoms with Gasteiger partial charge in [0.25, 0.3) is 0 Å². The van der Waals surface area contributed by atoms with E-state index < -0.39 is 53.4 Å². The lowest BCUT2D eigenvalue weighted by Crippen LogP contribution is -2.32. The molecule has 2 aromatic carbocycles. The summed E-state index contributed by atoms with van der Waals surface area (Å²) in [6.45, 7) is 5.28. The Morgan fingerprint density at radius 1 is 0.938 bits per heavy atom. The van der Waals surface area contributed by atoms with Gasteiger partial charge in [0.1, 0.15) is 5.75 Å². The van der Waals surface area contributed by atoms with Crippen LogP contribution in [0.3, 0.4) is 0 Å². The van der Waals surface area contributed by atoms with Crippen LogP contribution in [0.1, 0.15) is 81.1 Å². The maximum atomic E-state index is 13.7. The predicted octanol–water partition coefficient (Wildman–Crippen LogP) is 7.88. The molecule has 2 N–H and O–H groups in total. The van der Waals surface area contributed by atoms with Crippen molar-refractivity contribution < 1.29 is 55.7 Å². The molecule has 2 atom stereocenters. The summed E-state index contributed by atoms with van der Waals surface area (Å²) < 4.78 is 82.2. The molecule has 48 heavy (non-hydrogen) atoms. The van der Waals surface area contributed by atoms with Crippen molar-refractivity contribution in [1.29, 1.82) is 0 Å². The molecule has 9 nitrogen and oxygen atoms in total. The maximum absolute atomic E-state index is 13.7. The highest BCUT2D eigenvalue weighted by molar-refractivity contribution is 5.98. The first-order valence-corrected chi connectivity index (χ1v) is 14.9. The van der Waals surface area contributed by atoms with Crippen LogP contribution in [0.2, 0.25) is 0 Å². The first-order chi connectivity index (χ1) is 22.3. The average molecular weight is 684 g/mol. The Bertz CT molecular complexity index is 1560. The van der Waals surface area contributed by atoms with E-state index in [4.69, 9.17) is 10.2 Å². The largest absolute Gasteiger partial charge is 0.573 e. The molecule has 1 amide bonds. The number of hydrogen-bond acceptors (Lipinski definition) is 6. The molecule has 0 aliphatic carbocycles. The fourth-order valence-electron chi connectivity index (χ4n) is 5.36. The van der Waals surface area contributed by atoms with Gasteiger partial charge < -0.3 is 19.8 Å². The van der Waals surface area contributed by atoms with E-state index in [-0.39, 0.29) is 37.3 Å². The van der Waals surface area contributed by atoms with E-state index in [1.807, 2.05) is 19.1 Å². The van der Waals surface area contributed by atoms with Gasteiger partial charge in [-0.05, 0) is 68.5 Å². The van der Waals surface area contributed by atoms with Crippen LogP contribution < -0.4 is 9.64 Å². The number of hydrogen-bond donors (Lipinski definition) is 2. The molecule has 0 unspecified atom stereocenters. The summed E-state index contributed by atoms with van der Waals surface area (Å²) in [7, 11) is 0. The summed E-state index contributed by atoms with van der Waals surface area (Å²) in [6.07, 6.45) is -7.13. The zero-order valence-electron chi connectivity index (χ0n) is 26.3. The van der Waals surface area contributed by atoms with Crippen LogP contribution in [0.5, 0.6) is 5.75 Å². The van der Waals surface area contributed by atoms with Gasteiger partial charge in [-0.15, -0.1) is 13.2 Å². The number of carboxylic acids is 2. The Balaban J connectivity index is 0.000000542. The van der Waals surface area contributed by atoms with E-state index >= 15 is 0 Å². The number of halogens is 6. The van der Waals surface area contributed by atoms with Crippen molar-refractivity contribution in [3.8, 4) is 5.75 Å². The molecule has 1 aliphatic heterocycles. The van der Waals surface area contributed by atoms with Gasteiger partial charge in [-0.2, -0.15) is 13.2 Å². The third kappa shape index (κ3) is 10.9. The van der Waals surface area contributed by atoms with Crippen molar-refractivity contribution in [3.05, 3.63) is 83.4 Å². The summed E-state index contributed by atoms with van der Waals surface area (Å²) in [4.78, 5) is 42.1. The number of amides is 1. The number of aliphatic carboxylic acids is 2. The molecule has 0 radical (unpaired) electrons. The lowest BCUT2D eigenvalue weighted by Gasteiger charge is -2.27. The van der Waals surface area contributed by atoms with Crippen LogP contribution in [-0.2, 0) is 26.0 Å². The average Bonchev–Trinajstić information content (AvgIpc) is 3.29. The Kier molecular flexibility index (Phi) is 12.2. The smallest absolute Gasteiger partial charge is 0.481 e. The Hall–Kier alpha value is -4.69. The van der Waals surface area contributed by atoms with Crippen molar-refractivity contribution in [1.82, 2.24) is 9.97 Å². The van der Waals surface area contributed by atoms with Gasteiger partial charge in [0.15, 0.2) is 0 Å². The van der Waals surface area contributed by atoms with Crippen molar-refractivity contribution in [3.63, 3.8) is 0 Å². The molecule has 4 rings (SSSR count). The van der Waals surface area contributed by atoms with Gasteiger partial charge in [0, 0.05) is 36.1 Å². The minimum absolute atomic E-state index is 0.0628. The highest BCUT2D eigenvalue weighted by Crippen LogP contribution is 2.45. The fourth-order valence-corrected chi connectivity index (χ4v) is 5.36. The number of rotatable bonds is 11. The summed E-state index contributed by atoms with van der Waals surface area (Å²) in [5.74, 6) is -4.32. The molecule has 3 aromatic rings. The van der Waals surface area contributed by atoms with Gasteiger partial charge in [-0.1, -0.05) is 43.7 Å². The number of aryl methyl sites for hydroxylation is 1. The number of alkyl halides is 6. The lowest BCUT2D eigenvalue weighted by atomic mass is 9.78. The number of aromatic nitrogens is 2. The number of benzene rings is 2. The van der Waals surface area contributed by atoms with Crippen LogP contribution in [0.15, 0.2) is 60.8 Å². The number of carbonyl (C=O) groups excluding carboxylic acids is 1. The zero-order valence-corrected chi connectivity index (χ0v) is 26.3. The number of carboxylic acid groups (broad SMARTS) is 2. The zero-order chi connectivity index (χ0) is 35.9. The maximum Gasteiger partial charge on any atom is 0.573 e. The first-order valence-electron chi connectivity index (χ1n) is 14.9. The molecule has 15 heteroatoms. The summed E-state index contributed by atoms with van der Waals surface area (Å²) in [5, 5.41) is 16.3. The second kappa shape index (κ2) is 15.5. The molecule has 2 heterocycles. The molecule has 1 saturated heterocycles. The van der Waals surface area contributed by atoms with Crippen LogP contribution in [0.25, 0.3) is 0 Å². The monoisotopic (exact) mass is 683 g/mol. The van der Waals surface area contributed by atoms with E-state index in [9.17, 15) is 40.7 Å². The van der Waals surface area contributed by atoms with Crippen molar-refractivity contribution in [2.75, 3.05) is 4.90 Å². The summed E-state index contributed by atoms with van der Waals surface area (Å²) >= 11 is 0. The Morgan fingerprint density at radius 3 is 2.08 bits per heavy atom. The number of unbranched alkanes of at least 4 members (excludes halogenated alkanes) is 1. The normalized spacial score (nSPS) is 16.7. The molecule has 0 saturated carbocycles. The molecule has 0 spiro atoms. The van der Waals surface area contributed by atoms with Gasteiger partial charge in [-0.25, -0.2) is 9.97 Å². The Morgan fingerprint density at radius 2 is 1.54 bits per heavy atom. The number of anilines is 1. The van der Waals surface area contributed by atoms with Gasteiger partial charge in [0.2, 0.25) is 11.7 Å². The molecule has 260 valence electrons. The molecule has 0 bridgehead atoms. The number of ether oxygens (including phenoxy) is 1. The summed E-state index contributed by atoms with van der Waals surface area (Å²) in [5.41, 5.74) is 1.17. The van der Waals surface area contributed by atoms with E-state index in [0.29, 0.717) is 24.1 Å². The van der Waals surface area contributed by atoms with E-state index in [0.717, 1.165) is 11.8 Å². The van der Waals surface area contributed by atoms with Gasteiger partial charge in [-0.3, -0.25) is 14.4 Å². The lowest BCUT2D eigenvalue weighted by molar-refractivity contribution is -0.274. The van der Waals surface area contributed by atoms with Crippen LogP contribution in [0.4, 0.5) is 32.0 Å². The first kappa shape index (κ1) is 37.8.